The number of nitrogens with one attached hydrogen (secondary N) is 1. The van der Waals surface area contributed by atoms with Gasteiger partial charge in [-0.15, -0.1) is 0 Å². The van der Waals surface area contributed by atoms with Crippen LogP contribution in [0.5, 0.6) is 11.5 Å². The molecule has 2 heterocycles. The molecular formula is C20H26N4O3. The van der Waals surface area contributed by atoms with Crippen molar-refractivity contribution in [1.29, 1.82) is 0 Å². The van der Waals surface area contributed by atoms with Crippen LogP contribution in [-0.4, -0.2) is 62.2 Å². The fraction of sp³-hybridized carbons (Fsp3) is 0.400. The second-order valence-corrected chi connectivity index (χ2v) is 6.44. The minimum atomic E-state index is -0.224. The summed E-state index contributed by atoms with van der Waals surface area (Å²) in [5.41, 5.74) is 0.660. The lowest BCUT2D eigenvalue weighted by Crippen LogP contribution is -2.44. The van der Waals surface area contributed by atoms with Gasteiger partial charge in [-0.25, -0.2) is 4.98 Å². The Bertz CT molecular complexity index is 726. The number of benzene rings is 1. The number of carbonyl (C=O) groups is 1. The van der Waals surface area contributed by atoms with Crippen LogP contribution in [0.2, 0.25) is 0 Å². The lowest BCUT2D eigenvalue weighted by atomic mass is 10.3. The number of nitrogens with zero attached hydrogens (tertiary/aromatic N) is 3. The molecule has 1 aromatic carbocycles. The predicted molar refractivity (Wildman–Crippen MR) is 106 cm³/mol. The Morgan fingerprint density at radius 3 is 2.30 bits per heavy atom. The first-order chi connectivity index (χ1) is 13.1. The molecule has 7 nitrogen and oxygen atoms in total. The normalized spacial score (nSPS) is 14.7. The van der Waals surface area contributed by atoms with Crippen LogP contribution in [0.4, 0.5) is 11.5 Å². The van der Waals surface area contributed by atoms with Gasteiger partial charge in [0.1, 0.15) is 17.3 Å². The first kappa shape index (κ1) is 19.0. The number of pyridine rings is 1. The molecule has 1 aliphatic rings. The minimum absolute atomic E-state index is 0.0613. The van der Waals surface area contributed by atoms with E-state index >= 15 is 0 Å². The maximum atomic E-state index is 12.1. The Morgan fingerprint density at radius 1 is 1.04 bits per heavy atom. The van der Waals surface area contributed by atoms with Crippen molar-refractivity contribution in [3.05, 3.63) is 42.6 Å². The summed E-state index contributed by atoms with van der Waals surface area (Å²) in [5.74, 6) is 2.11. The first-order valence-corrected chi connectivity index (χ1v) is 9.19. The summed E-state index contributed by atoms with van der Waals surface area (Å²) in [7, 11) is 2.12. The van der Waals surface area contributed by atoms with E-state index in [0.717, 1.165) is 37.7 Å². The quantitative estimate of drug-likeness (QED) is 0.806. The van der Waals surface area contributed by atoms with E-state index in [0.29, 0.717) is 18.0 Å². The number of anilines is 2. The second kappa shape index (κ2) is 9.23. The van der Waals surface area contributed by atoms with E-state index in [1.54, 1.807) is 18.3 Å². The number of aromatic nitrogens is 1. The van der Waals surface area contributed by atoms with Gasteiger partial charge >= 0.3 is 0 Å². The van der Waals surface area contributed by atoms with Crippen LogP contribution in [0, 0.1) is 0 Å². The van der Waals surface area contributed by atoms with E-state index in [4.69, 9.17) is 9.47 Å². The van der Waals surface area contributed by atoms with Crippen molar-refractivity contribution in [2.45, 2.75) is 6.92 Å². The Morgan fingerprint density at radius 2 is 1.70 bits per heavy atom. The van der Waals surface area contributed by atoms with E-state index in [1.807, 2.05) is 31.2 Å². The van der Waals surface area contributed by atoms with E-state index in [1.165, 1.54) is 0 Å². The zero-order chi connectivity index (χ0) is 19.1. The van der Waals surface area contributed by atoms with E-state index < -0.39 is 0 Å². The van der Waals surface area contributed by atoms with Crippen LogP contribution in [0.3, 0.4) is 0 Å². The summed E-state index contributed by atoms with van der Waals surface area (Å²) < 4.78 is 10.9. The van der Waals surface area contributed by atoms with Crippen LogP contribution >= 0.6 is 0 Å². The SMILES string of the molecule is CCOc1ccc(OCC(=O)Nc2ccc(N3CCN(C)CC3)nc2)cc1. The second-order valence-electron chi connectivity index (χ2n) is 6.44. The van der Waals surface area contributed by atoms with Gasteiger partial charge < -0.3 is 24.6 Å². The van der Waals surface area contributed by atoms with Gasteiger partial charge in [-0.2, -0.15) is 0 Å². The molecule has 144 valence electrons. The molecule has 0 spiro atoms. The van der Waals surface area contributed by atoms with E-state index in [2.05, 4.69) is 27.1 Å². The molecule has 0 radical (unpaired) electrons. The summed E-state index contributed by atoms with van der Waals surface area (Å²) in [6.07, 6.45) is 1.68. The van der Waals surface area contributed by atoms with Gasteiger partial charge in [0.25, 0.3) is 5.91 Å². The van der Waals surface area contributed by atoms with Gasteiger partial charge in [-0.05, 0) is 50.4 Å². The molecule has 27 heavy (non-hydrogen) atoms. The van der Waals surface area contributed by atoms with Crippen LogP contribution in [0.1, 0.15) is 6.92 Å². The molecule has 1 fully saturated rings. The maximum absolute atomic E-state index is 12.1. The lowest BCUT2D eigenvalue weighted by Gasteiger charge is -2.33. The van der Waals surface area contributed by atoms with E-state index in [-0.39, 0.29) is 12.5 Å². The monoisotopic (exact) mass is 370 g/mol. The summed E-state index contributed by atoms with van der Waals surface area (Å²) >= 11 is 0. The molecule has 1 aliphatic heterocycles. The number of rotatable bonds is 7. The highest BCUT2D eigenvalue weighted by Crippen LogP contribution is 2.18. The number of piperazine rings is 1. The summed E-state index contributed by atoms with van der Waals surface area (Å²) in [6, 6.07) is 11.0. The average Bonchev–Trinajstić information content (AvgIpc) is 2.69. The molecule has 1 N–H and O–H groups in total. The van der Waals surface area contributed by atoms with Gasteiger partial charge in [0.15, 0.2) is 6.61 Å². The van der Waals surface area contributed by atoms with Gasteiger partial charge in [0, 0.05) is 26.2 Å². The topological polar surface area (TPSA) is 66.9 Å². The average molecular weight is 370 g/mol. The highest BCUT2D eigenvalue weighted by molar-refractivity contribution is 5.91. The number of hydrogen-bond donors (Lipinski definition) is 1. The van der Waals surface area contributed by atoms with Gasteiger partial charge in [-0.3, -0.25) is 4.79 Å². The largest absolute Gasteiger partial charge is 0.494 e. The van der Waals surface area contributed by atoms with Gasteiger partial charge in [-0.1, -0.05) is 0 Å². The number of amides is 1. The van der Waals surface area contributed by atoms with Crippen LogP contribution < -0.4 is 19.7 Å². The van der Waals surface area contributed by atoms with Crippen LogP contribution in [0.25, 0.3) is 0 Å². The van der Waals surface area contributed by atoms with E-state index in [9.17, 15) is 4.79 Å². The molecule has 3 rings (SSSR count). The summed E-state index contributed by atoms with van der Waals surface area (Å²) in [4.78, 5) is 21.1. The lowest BCUT2D eigenvalue weighted by molar-refractivity contribution is -0.118. The van der Waals surface area contributed by atoms with Gasteiger partial charge in [0.05, 0.1) is 18.5 Å². The summed E-state index contributed by atoms with van der Waals surface area (Å²) in [5, 5.41) is 2.80. The fourth-order valence-corrected chi connectivity index (χ4v) is 2.83. The predicted octanol–water partition coefficient (Wildman–Crippen LogP) is 2.25. The highest BCUT2D eigenvalue weighted by Gasteiger charge is 2.15. The Hall–Kier alpha value is -2.80. The molecule has 0 bridgehead atoms. The summed E-state index contributed by atoms with van der Waals surface area (Å²) in [6.45, 7) is 6.47. The molecule has 0 saturated carbocycles. The van der Waals surface area contributed by atoms with Crippen molar-refractivity contribution in [2.75, 3.05) is 56.7 Å². The third-order valence-electron chi connectivity index (χ3n) is 4.36. The molecular weight excluding hydrogens is 344 g/mol. The van der Waals surface area contributed by atoms with Crippen molar-refractivity contribution in [3.8, 4) is 11.5 Å². The van der Waals surface area contributed by atoms with Crippen molar-refractivity contribution >= 4 is 17.4 Å². The molecule has 0 atom stereocenters. The molecule has 7 heteroatoms. The standard InChI is InChI=1S/C20H26N4O3/c1-3-26-17-5-7-18(8-6-17)27-15-20(25)22-16-4-9-19(21-14-16)24-12-10-23(2)11-13-24/h4-9,14H,3,10-13,15H2,1-2H3,(H,22,25). The molecule has 0 aliphatic carbocycles. The third-order valence-corrected chi connectivity index (χ3v) is 4.36. The number of likely N-dealkylation sites (N-methyl/N-ethyl adjacent to an activating group) is 1. The zero-order valence-electron chi connectivity index (χ0n) is 15.9. The molecule has 2 aromatic rings. The molecule has 1 aromatic heterocycles. The zero-order valence-corrected chi connectivity index (χ0v) is 15.9. The number of ether oxygens (including phenoxy) is 2. The van der Waals surface area contributed by atoms with Gasteiger partial charge in [0.2, 0.25) is 0 Å². The number of hydrogen-bond acceptors (Lipinski definition) is 6. The molecule has 1 saturated heterocycles. The van der Waals surface area contributed by atoms with Crippen molar-refractivity contribution in [1.82, 2.24) is 9.88 Å². The van der Waals surface area contributed by atoms with Crippen LogP contribution in [-0.2, 0) is 4.79 Å². The van der Waals surface area contributed by atoms with Crippen molar-refractivity contribution in [3.63, 3.8) is 0 Å². The highest BCUT2D eigenvalue weighted by atomic mass is 16.5. The van der Waals surface area contributed by atoms with Crippen molar-refractivity contribution < 1.29 is 14.3 Å². The fourth-order valence-electron chi connectivity index (χ4n) is 2.83. The Kier molecular flexibility index (Phi) is 6.49. The third kappa shape index (κ3) is 5.59. The Labute approximate surface area is 159 Å². The smallest absolute Gasteiger partial charge is 0.262 e. The first-order valence-electron chi connectivity index (χ1n) is 9.19. The Balaban J connectivity index is 1.46. The molecule has 1 amide bonds. The minimum Gasteiger partial charge on any atom is -0.494 e. The van der Waals surface area contributed by atoms with Crippen molar-refractivity contribution in [2.24, 2.45) is 0 Å². The number of carbonyl (C=O) groups excluding carboxylic acids is 1. The molecule has 0 unspecified atom stereocenters. The van der Waals surface area contributed by atoms with Crippen LogP contribution in [0.15, 0.2) is 42.6 Å². The maximum Gasteiger partial charge on any atom is 0.262 e.